The van der Waals surface area contributed by atoms with Gasteiger partial charge in [0.2, 0.25) is 0 Å². The number of anilines is 2. The number of carbonyl (C=O) groups excluding carboxylic acids is 2. The molecule has 25 heavy (non-hydrogen) atoms. The number of halogens is 2. The Morgan fingerprint density at radius 3 is 2.12 bits per heavy atom. The Morgan fingerprint density at radius 2 is 1.60 bits per heavy atom. The Bertz CT molecular complexity index is 756. The highest BCUT2D eigenvalue weighted by molar-refractivity contribution is 6.39. The molecule has 0 heterocycles. The molecule has 5 nitrogen and oxygen atoms in total. The van der Waals surface area contributed by atoms with Crippen LogP contribution in [0.25, 0.3) is 0 Å². The number of hydrogen-bond acceptors (Lipinski definition) is 4. The van der Waals surface area contributed by atoms with Crippen LogP contribution in [0.5, 0.6) is 0 Å². The molecule has 2 aromatic carbocycles. The number of ether oxygens (including phenoxy) is 1. The molecule has 7 heteroatoms. The third-order valence-corrected chi connectivity index (χ3v) is 4.10. The van der Waals surface area contributed by atoms with Crippen LogP contribution in [0.2, 0.25) is 10.0 Å². The number of benzene rings is 2. The van der Waals surface area contributed by atoms with Crippen LogP contribution in [-0.4, -0.2) is 32.1 Å². The molecule has 0 bridgehead atoms. The zero-order chi connectivity index (χ0) is 18.6. The second-order valence-corrected chi connectivity index (χ2v) is 6.39. The second kappa shape index (κ2) is 8.23. The number of hydrogen-bond donors (Lipinski definition) is 1. The van der Waals surface area contributed by atoms with Gasteiger partial charge in [0.05, 0.1) is 15.6 Å². The molecule has 0 aliphatic heterocycles. The minimum absolute atomic E-state index is 0.0424. The van der Waals surface area contributed by atoms with Crippen molar-refractivity contribution < 1.29 is 14.3 Å². The van der Waals surface area contributed by atoms with Crippen molar-refractivity contribution in [2.75, 3.05) is 24.3 Å². The van der Waals surface area contributed by atoms with Crippen molar-refractivity contribution in [3.05, 3.63) is 58.1 Å². The molecule has 0 aliphatic carbocycles. The lowest BCUT2D eigenvalue weighted by molar-refractivity contribution is -0.123. The fourth-order valence-electron chi connectivity index (χ4n) is 2.05. The highest BCUT2D eigenvalue weighted by atomic mass is 35.5. The molecule has 0 aromatic heterocycles. The first-order chi connectivity index (χ1) is 11.8. The summed E-state index contributed by atoms with van der Waals surface area (Å²) in [4.78, 5) is 26.3. The van der Waals surface area contributed by atoms with Crippen molar-refractivity contribution in [2.24, 2.45) is 0 Å². The first-order valence-corrected chi connectivity index (χ1v) is 8.28. The first kappa shape index (κ1) is 19.1. The highest BCUT2D eigenvalue weighted by Gasteiger charge is 2.22. The predicted octanol–water partition coefficient (Wildman–Crippen LogP) is 4.24. The number of nitrogens with one attached hydrogen (secondary N) is 1. The quantitative estimate of drug-likeness (QED) is 0.787. The van der Waals surface area contributed by atoms with Crippen molar-refractivity contribution in [1.29, 1.82) is 0 Å². The fraction of sp³-hybridized carbons (Fsp3) is 0.222. The van der Waals surface area contributed by atoms with Gasteiger partial charge in [-0.05, 0) is 43.3 Å². The smallest absolute Gasteiger partial charge is 0.341 e. The van der Waals surface area contributed by atoms with E-state index in [-0.39, 0.29) is 15.6 Å². The van der Waals surface area contributed by atoms with Crippen molar-refractivity contribution in [3.63, 3.8) is 0 Å². The van der Waals surface area contributed by atoms with Crippen molar-refractivity contribution >= 4 is 46.5 Å². The summed E-state index contributed by atoms with van der Waals surface area (Å²) in [6, 6.07) is 12.0. The molecule has 0 spiro atoms. The molecule has 0 unspecified atom stereocenters. The van der Waals surface area contributed by atoms with Gasteiger partial charge in [-0.3, -0.25) is 4.79 Å². The van der Waals surface area contributed by atoms with E-state index in [0.717, 1.165) is 5.69 Å². The lowest BCUT2D eigenvalue weighted by atomic mass is 10.2. The molecule has 2 aromatic rings. The van der Waals surface area contributed by atoms with E-state index in [0.29, 0.717) is 5.69 Å². The summed E-state index contributed by atoms with van der Waals surface area (Å²) >= 11 is 11.9. The van der Waals surface area contributed by atoms with E-state index in [9.17, 15) is 9.59 Å². The van der Waals surface area contributed by atoms with Crippen LogP contribution < -0.4 is 10.2 Å². The minimum Gasteiger partial charge on any atom is -0.449 e. The normalized spacial score (nSPS) is 11.6. The fourth-order valence-corrected chi connectivity index (χ4v) is 2.60. The summed E-state index contributed by atoms with van der Waals surface area (Å²) in [5.41, 5.74) is 1.65. The summed E-state index contributed by atoms with van der Waals surface area (Å²) in [6.07, 6.45) is -1.01. The van der Waals surface area contributed by atoms with Crippen LogP contribution in [0, 0.1) is 0 Å². The summed E-state index contributed by atoms with van der Waals surface area (Å²) in [7, 11) is 3.85. The van der Waals surface area contributed by atoms with Crippen LogP contribution in [0.3, 0.4) is 0 Å². The summed E-state index contributed by atoms with van der Waals surface area (Å²) in [5, 5.41) is 3.03. The van der Waals surface area contributed by atoms with Crippen LogP contribution in [-0.2, 0) is 9.53 Å². The molecular weight excluding hydrogens is 363 g/mol. The van der Waals surface area contributed by atoms with Gasteiger partial charge in [0.25, 0.3) is 5.91 Å². The maximum absolute atomic E-state index is 12.2. The molecule has 0 aliphatic rings. The van der Waals surface area contributed by atoms with E-state index < -0.39 is 18.0 Å². The molecule has 0 radical (unpaired) electrons. The number of esters is 1. The van der Waals surface area contributed by atoms with Crippen molar-refractivity contribution in [1.82, 2.24) is 0 Å². The zero-order valence-corrected chi connectivity index (χ0v) is 15.6. The lowest BCUT2D eigenvalue weighted by Crippen LogP contribution is -2.30. The molecule has 0 fully saturated rings. The van der Waals surface area contributed by atoms with Gasteiger partial charge in [0.1, 0.15) is 0 Å². The summed E-state index contributed by atoms with van der Waals surface area (Å²) < 4.78 is 5.17. The third kappa shape index (κ3) is 4.87. The van der Waals surface area contributed by atoms with Gasteiger partial charge in [-0.2, -0.15) is 0 Å². The molecule has 2 rings (SSSR count). The Labute approximate surface area is 156 Å². The molecular formula is C18H18Cl2N2O3. The van der Waals surface area contributed by atoms with Gasteiger partial charge in [-0.15, -0.1) is 0 Å². The second-order valence-electron chi connectivity index (χ2n) is 5.57. The van der Waals surface area contributed by atoms with Crippen LogP contribution >= 0.6 is 23.2 Å². The van der Waals surface area contributed by atoms with E-state index in [4.69, 9.17) is 27.9 Å². The SMILES string of the molecule is C[C@@H](OC(=O)c1c(Cl)cccc1Cl)C(=O)Nc1ccc(N(C)C)cc1. The maximum Gasteiger partial charge on any atom is 0.341 e. The summed E-state index contributed by atoms with van der Waals surface area (Å²) in [6.45, 7) is 1.48. The maximum atomic E-state index is 12.2. The van der Waals surface area contributed by atoms with Gasteiger partial charge in [0.15, 0.2) is 6.10 Å². The molecule has 0 saturated carbocycles. The van der Waals surface area contributed by atoms with Gasteiger partial charge < -0.3 is 15.0 Å². The van der Waals surface area contributed by atoms with E-state index in [2.05, 4.69) is 5.32 Å². The molecule has 132 valence electrons. The Morgan fingerprint density at radius 1 is 1.04 bits per heavy atom. The summed E-state index contributed by atoms with van der Waals surface area (Å²) in [5.74, 6) is -1.20. The number of nitrogens with zero attached hydrogens (tertiary/aromatic N) is 1. The first-order valence-electron chi connectivity index (χ1n) is 7.53. The number of carbonyl (C=O) groups is 2. The molecule has 1 atom stereocenters. The Kier molecular flexibility index (Phi) is 6.28. The Balaban J connectivity index is 2.01. The van der Waals surface area contributed by atoms with Gasteiger partial charge in [0, 0.05) is 25.5 Å². The van der Waals surface area contributed by atoms with Gasteiger partial charge >= 0.3 is 5.97 Å². The van der Waals surface area contributed by atoms with E-state index in [1.165, 1.54) is 19.1 Å². The zero-order valence-electron chi connectivity index (χ0n) is 14.0. The van der Waals surface area contributed by atoms with Gasteiger partial charge in [-0.1, -0.05) is 29.3 Å². The van der Waals surface area contributed by atoms with Crippen molar-refractivity contribution in [3.8, 4) is 0 Å². The average molecular weight is 381 g/mol. The topological polar surface area (TPSA) is 58.6 Å². The average Bonchev–Trinajstić information content (AvgIpc) is 2.55. The molecule has 1 N–H and O–H groups in total. The molecule has 0 saturated heterocycles. The Hall–Kier alpha value is -2.24. The minimum atomic E-state index is -1.01. The standard InChI is InChI=1S/C18H18Cl2N2O3/c1-11(25-18(24)16-14(19)5-4-6-15(16)20)17(23)21-12-7-9-13(10-8-12)22(2)3/h4-11H,1-3H3,(H,21,23)/t11-/m1/s1. The molecule has 1 amide bonds. The van der Waals surface area contributed by atoms with Crippen molar-refractivity contribution in [2.45, 2.75) is 13.0 Å². The van der Waals surface area contributed by atoms with Crippen LogP contribution in [0.4, 0.5) is 11.4 Å². The largest absolute Gasteiger partial charge is 0.449 e. The van der Waals surface area contributed by atoms with Gasteiger partial charge in [-0.25, -0.2) is 4.79 Å². The predicted molar refractivity (Wildman–Crippen MR) is 101 cm³/mol. The highest BCUT2D eigenvalue weighted by Crippen LogP contribution is 2.25. The van der Waals surface area contributed by atoms with Crippen LogP contribution in [0.15, 0.2) is 42.5 Å². The van der Waals surface area contributed by atoms with E-state index in [1.807, 2.05) is 31.1 Å². The number of amides is 1. The third-order valence-electron chi connectivity index (χ3n) is 3.47. The number of rotatable bonds is 5. The lowest BCUT2D eigenvalue weighted by Gasteiger charge is -2.16. The van der Waals surface area contributed by atoms with Crippen LogP contribution in [0.1, 0.15) is 17.3 Å². The van der Waals surface area contributed by atoms with E-state index in [1.54, 1.807) is 18.2 Å². The van der Waals surface area contributed by atoms with E-state index >= 15 is 0 Å². The monoisotopic (exact) mass is 380 g/mol.